The van der Waals surface area contributed by atoms with Crippen LogP contribution in [0.15, 0.2) is 72.8 Å². The van der Waals surface area contributed by atoms with Crippen molar-refractivity contribution < 1.29 is 41.0 Å². The molecule has 6 rings (SSSR count). The number of esters is 1. The number of hydrogen-bond donors (Lipinski definition) is 1. The minimum Gasteiger partial charge on any atom is -0.455 e. The maximum absolute atomic E-state index is 14.0. The quantitative estimate of drug-likeness (QED) is 0.146. The number of benzene rings is 3. The first-order valence-electron chi connectivity index (χ1n) is 13.0. The summed E-state index contributed by atoms with van der Waals surface area (Å²) in [6, 6.07) is 21.7. The summed E-state index contributed by atoms with van der Waals surface area (Å²) in [6.07, 6.45) is -13.4. The summed E-state index contributed by atoms with van der Waals surface area (Å²) in [5, 5.41) is 11.8. The van der Waals surface area contributed by atoms with E-state index < -0.39 is 52.3 Å². The van der Waals surface area contributed by atoms with Gasteiger partial charge in [-0.2, -0.15) is 26.3 Å². The van der Waals surface area contributed by atoms with E-state index in [-0.39, 0.29) is 17.9 Å². The van der Waals surface area contributed by atoms with Gasteiger partial charge in [0.25, 0.3) is 5.60 Å². The molecule has 10 heteroatoms. The molecule has 2 fully saturated rings. The normalized spacial score (nSPS) is 22.7. The van der Waals surface area contributed by atoms with Crippen LogP contribution in [0.5, 0.6) is 0 Å². The number of hydrogen-bond acceptors (Lipinski definition) is 3. The van der Waals surface area contributed by atoms with E-state index in [4.69, 9.17) is 4.74 Å². The fourth-order valence-electron chi connectivity index (χ4n) is 6.66. The molecule has 210 valence electrons. The van der Waals surface area contributed by atoms with Crippen LogP contribution in [0.4, 0.5) is 26.3 Å². The zero-order valence-electron chi connectivity index (χ0n) is 21.0. The SMILES string of the molecule is O=C(OC(C1CC2CCC1C2)C(O)(C(F)(F)F)C(F)(F)F)c1ccc2c(c1)c1ccccc1[s+]2-c1ccccc1. The Bertz CT molecular complexity index is 1560. The third kappa shape index (κ3) is 4.18. The summed E-state index contributed by atoms with van der Waals surface area (Å²) in [5.41, 5.74) is -5.36. The van der Waals surface area contributed by atoms with Gasteiger partial charge in [-0.15, -0.1) is 0 Å². The Labute approximate surface area is 228 Å². The predicted octanol–water partition coefficient (Wildman–Crippen LogP) is 8.55. The fourth-order valence-corrected chi connectivity index (χ4v) is 9.04. The average molecular weight is 580 g/mol. The molecule has 2 aliphatic rings. The molecule has 3 nitrogen and oxygen atoms in total. The van der Waals surface area contributed by atoms with Gasteiger partial charge in [0.15, 0.2) is 20.4 Å². The van der Waals surface area contributed by atoms with Crippen LogP contribution < -0.4 is 0 Å². The molecule has 0 amide bonds. The minimum atomic E-state index is -6.10. The number of carbonyl (C=O) groups excluding carboxylic acids is 1. The van der Waals surface area contributed by atoms with Crippen molar-refractivity contribution in [2.75, 3.05) is 0 Å². The number of thiophene rings is 1. The van der Waals surface area contributed by atoms with Crippen LogP contribution in [0.2, 0.25) is 0 Å². The van der Waals surface area contributed by atoms with Crippen molar-refractivity contribution in [1.29, 1.82) is 0 Å². The molecular formula is C30H25F6O3S+. The highest BCUT2D eigenvalue weighted by atomic mass is 32.2. The van der Waals surface area contributed by atoms with Gasteiger partial charge < -0.3 is 9.84 Å². The Balaban J connectivity index is 1.43. The summed E-state index contributed by atoms with van der Waals surface area (Å²) in [4.78, 5) is 14.3. The minimum absolute atomic E-state index is 0.0362. The maximum atomic E-state index is 14.0. The highest BCUT2D eigenvalue weighted by Crippen LogP contribution is 2.56. The Kier molecular flexibility index (Phi) is 6.42. The predicted molar refractivity (Wildman–Crippen MR) is 140 cm³/mol. The number of carbonyl (C=O) groups is 1. The molecule has 1 heterocycles. The highest BCUT2D eigenvalue weighted by molar-refractivity contribution is 7.50. The van der Waals surface area contributed by atoms with Gasteiger partial charge in [-0.3, -0.25) is 0 Å². The lowest BCUT2D eigenvalue weighted by atomic mass is 9.76. The number of halogens is 6. The number of rotatable bonds is 5. The molecule has 0 radical (unpaired) electrons. The lowest BCUT2D eigenvalue weighted by Gasteiger charge is -2.42. The summed E-state index contributed by atoms with van der Waals surface area (Å²) in [6.45, 7) is 0. The van der Waals surface area contributed by atoms with Gasteiger partial charge in [-0.25, -0.2) is 4.79 Å². The van der Waals surface area contributed by atoms with E-state index in [0.29, 0.717) is 24.6 Å². The van der Waals surface area contributed by atoms with Crippen LogP contribution in [0.1, 0.15) is 36.0 Å². The van der Waals surface area contributed by atoms with E-state index >= 15 is 0 Å². The van der Waals surface area contributed by atoms with Gasteiger partial charge in [-0.05, 0) is 73.6 Å². The lowest BCUT2D eigenvalue weighted by molar-refractivity contribution is -0.396. The van der Waals surface area contributed by atoms with Crippen molar-refractivity contribution >= 4 is 36.6 Å². The van der Waals surface area contributed by atoms with Gasteiger partial charge >= 0.3 is 18.3 Å². The van der Waals surface area contributed by atoms with Gasteiger partial charge in [0.2, 0.25) is 0 Å². The molecular weight excluding hydrogens is 554 g/mol. The van der Waals surface area contributed by atoms with E-state index in [0.717, 1.165) is 19.7 Å². The topological polar surface area (TPSA) is 46.5 Å². The van der Waals surface area contributed by atoms with Gasteiger partial charge in [-0.1, -0.05) is 36.8 Å². The number of aliphatic hydroxyl groups is 1. The van der Waals surface area contributed by atoms with Crippen molar-refractivity contribution in [2.45, 2.75) is 49.7 Å². The molecule has 4 aromatic rings. The first-order valence-corrected chi connectivity index (χ1v) is 14.2. The monoisotopic (exact) mass is 579 g/mol. The lowest BCUT2D eigenvalue weighted by Crippen LogP contribution is -2.67. The van der Waals surface area contributed by atoms with E-state index in [1.807, 2.05) is 54.6 Å². The average Bonchev–Trinajstić information content (AvgIpc) is 3.63. The second-order valence-corrected chi connectivity index (χ2v) is 12.7. The third-order valence-electron chi connectivity index (χ3n) is 8.50. The van der Waals surface area contributed by atoms with E-state index in [9.17, 15) is 36.2 Å². The van der Waals surface area contributed by atoms with Crippen LogP contribution in [0.25, 0.3) is 25.1 Å². The zero-order valence-corrected chi connectivity index (χ0v) is 21.8. The van der Waals surface area contributed by atoms with Crippen molar-refractivity contribution in [2.24, 2.45) is 17.8 Å². The smallest absolute Gasteiger partial charge is 0.430 e. The first-order chi connectivity index (χ1) is 18.9. The second kappa shape index (κ2) is 9.48. The fraction of sp³-hybridized carbons (Fsp3) is 0.367. The zero-order chi connectivity index (χ0) is 28.4. The van der Waals surface area contributed by atoms with E-state index in [1.54, 1.807) is 6.07 Å². The van der Waals surface area contributed by atoms with Crippen LogP contribution in [-0.4, -0.2) is 35.1 Å². The number of ether oxygens (including phenoxy) is 1. The van der Waals surface area contributed by atoms with Crippen LogP contribution >= 0.6 is 10.5 Å². The van der Waals surface area contributed by atoms with Crippen molar-refractivity contribution in [3.05, 3.63) is 78.4 Å². The second-order valence-electron chi connectivity index (χ2n) is 10.8. The summed E-state index contributed by atoms with van der Waals surface area (Å²) >= 11 is 0. The molecule has 1 aromatic heterocycles. The largest absolute Gasteiger partial charge is 0.455 e. The van der Waals surface area contributed by atoms with E-state index in [1.165, 1.54) is 12.1 Å². The van der Waals surface area contributed by atoms with Gasteiger partial charge in [0, 0.05) is 27.2 Å². The standard InChI is InChI=1S/C30H25F6O3S/c31-29(32,33)28(38,30(34,35)36)26(22-15-17-10-11-18(22)14-17)39-27(37)19-12-13-25-23(16-19)21-8-4-5-9-24(21)40(25)20-6-2-1-3-7-20/h1-9,12-13,16-18,22,26,38H,10-11,14-15H2/q+1. The maximum Gasteiger partial charge on any atom is 0.430 e. The molecule has 5 atom stereocenters. The summed E-state index contributed by atoms with van der Waals surface area (Å²) in [7, 11) is -0.503. The molecule has 0 spiro atoms. The number of fused-ring (bicyclic) bond motifs is 5. The molecule has 40 heavy (non-hydrogen) atoms. The van der Waals surface area contributed by atoms with Crippen LogP contribution in [0.3, 0.4) is 0 Å². The Morgan fingerprint density at radius 3 is 2.10 bits per heavy atom. The molecule has 2 saturated carbocycles. The molecule has 5 unspecified atom stereocenters. The highest BCUT2D eigenvalue weighted by Gasteiger charge is 2.77. The summed E-state index contributed by atoms with van der Waals surface area (Å²) < 4.78 is 90.9. The van der Waals surface area contributed by atoms with Crippen molar-refractivity contribution in [3.8, 4) is 4.90 Å². The molecule has 1 N–H and O–H groups in total. The van der Waals surface area contributed by atoms with E-state index in [2.05, 4.69) is 0 Å². The Morgan fingerprint density at radius 1 is 0.825 bits per heavy atom. The molecule has 2 aliphatic carbocycles. The third-order valence-corrected chi connectivity index (χ3v) is 10.8. The number of alkyl halides is 6. The van der Waals surface area contributed by atoms with Crippen LogP contribution in [0, 0.1) is 17.8 Å². The Hall–Kier alpha value is -3.11. The van der Waals surface area contributed by atoms with Crippen LogP contribution in [-0.2, 0) is 4.74 Å². The van der Waals surface area contributed by atoms with Crippen molar-refractivity contribution in [1.82, 2.24) is 0 Å². The first kappa shape index (κ1) is 27.1. The Morgan fingerprint density at radius 2 is 1.48 bits per heavy atom. The molecule has 3 aromatic carbocycles. The molecule has 0 aliphatic heterocycles. The molecule has 2 bridgehead atoms. The van der Waals surface area contributed by atoms with Gasteiger partial charge in [0.05, 0.1) is 5.56 Å². The van der Waals surface area contributed by atoms with Crippen molar-refractivity contribution in [3.63, 3.8) is 0 Å². The van der Waals surface area contributed by atoms with Gasteiger partial charge in [0.1, 0.15) is 0 Å². The summed E-state index contributed by atoms with van der Waals surface area (Å²) in [5.74, 6) is -3.12. The molecule has 0 saturated heterocycles.